The van der Waals surface area contributed by atoms with Crippen LogP contribution in [-0.2, 0) is 11.2 Å². The molecule has 0 aliphatic carbocycles. The average molecular weight is 246 g/mol. The van der Waals surface area contributed by atoms with E-state index in [1.807, 2.05) is 6.92 Å². The maximum atomic E-state index is 11.7. The van der Waals surface area contributed by atoms with Crippen LogP contribution in [0.3, 0.4) is 0 Å². The molecule has 0 unspecified atom stereocenters. The van der Waals surface area contributed by atoms with E-state index in [4.69, 9.17) is 5.26 Å². The third-order valence-corrected chi connectivity index (χ3v) is 2.55. The number of rotatable bonds is 4. The highest BCUT2D eigenvalue weighted by atomic mass is 16.3. The lowest BCUT2D eigenvalue weighted by molar-refractivity contribution is -0.111. The van der Waals surface area contributed by atoms with Crippen LogP contribution in [0, 0.1) is 11.3 Å². The molecule has 94 valence electrons. The molecular weight excluding hydrogens is 232 g/mol. The number of Topliss-reactive ketones (excluding diaryl/α,β-unsaturated/α-hetero) is 1. The lowest BCUT2D eigenvalue weighted by Crippen LogP contribution is -2.10. The van der Waals surface area contributed by atoms with Gasteiger partial charge in [0.05, 0.1) is 11.3 Å². The van der Waals surface area contributed by atoms with Gasteiger partial charge in [0, 0.05) is 6.42 Å². The minimum absolute atomic E-state index is 0.0951. The third kappa shape index (κ3) is 2.86. The van der Waals surface area contributed by atoms with Gasteiger partial charge in [0.15, 0.2) is 11.9 Å². The summed E-state index contributed by atoms with van der Waals surface area (Å²) in [7, 11) is 0. The Hall–Kier alpha value is -2.35. The van der Waals surface area contributed by atoms with Crippen molar-refractivity contribution < 1.29 is 14.7 Å². The van der Waals surface area contributed by atoms with Crippen molar-refractivity contribution in [3.8, 4) is 11.8 Å². The normalized spacial score (nSPS) is 9.61. The second kappa shape index (κ2) is 5.82. The molecule has 0 saturated heterocycles. The summed E-state index contributed by atoms with van der Waals surface area (Å²) in [5, 5.41) is 20.6. The van der Waals surface area contributed by atoms with E-state index < -0.39 is 5.91 Å². The first-order valence-electron chi connectivity index (χ1n) is 5.63. The molecule has 1 amide bonds. The molecule has 0 aromatic heterocycles. The summed E-state index contributed by atoms with van der Waals surface area (Å²) < 4.78 is 0. The van der Waals surface area contributed by atoms with Gasteiger partial charge in [0.2, 0.25) is 0 Å². The van der Waals surface area contributed by atoms with E-state index in [2.05, 4.69) is 5.32 Å². The summed E-state index contributed by atoms with van der Waals surface area (Å²) in [4.78, 5) is 22.7. The number of anilines is 1. The van der Waals surface area contributed by atoms with E-state index >= 15 is 0 Å². The van der Waals surface area contributed by atoms with Gasteiger partial charge in [-0.3, -0.25) is 9.59 Å². The van der Waals surface area contributed by atoms with Crippen LogP contribution in [0.1, 0.15) is 36.2 Å². The highest BCUT2D eigenvalue weighted by molar-refractivity contribution is 6.06. The van der Waals surface area contributed by atoms with Crippen molar-refractivity contribution in [3.05, 3.63) is 23.3 Å². The number of nitrogens with one attached hydrogen (secondary N) is 1. The Morgan fingerprint density at radius 3 is 2.56 bits per heavy atom. The van der Waals surface area contributed by atoms with Gasteiger partial charge in [0.1, 0.15) is 5.75 Å². The fourth-order valence-electron chi connectivity index (χ4n) is 1.55. The lowest BCUT2D eigenvalue weighted by Gasteiger charge is -2.11. The molecule has 1 aromatic rings. The molecule has 0 aliphatic heterocycles. The molecule has 0 radical (unpaired) electrons. The van der Waals surface area contributed by atoms with Crippen molar-refractivity contribution in [3.63, 3.8) is 0 Å². The molecule has 18 heavy (non-hydrogen) atoms. The molecule has 0 bridgehead atoms. The van der Waals surface area contributed by atoms with Crippen molar-refractivity contribution in [1.29, 1.82) is 5.26 Å². The Morgan fingerprint density at radius 1 is 1.39 bits per heavy atom. The van der Waals surface area contributed by atoms with Crippen molar-refractivity contribution in [2.24, 2.45) is 0 Å². The molecule has 0 atom stereocenters. The Balaban J connectivity index is 3.29. The summed E-state index contributed by atoms with van der Waals surface area (Å²) in [6.07, 6.45) is 0.909. The number of nitriles is 1. The van der Waals surface area contributed by atoms with Gasteiger partial charge in [0.25, 0.3) is 0 Å². The van der Waals surface area contributed by atoms with Gasteiger partial charge < -0.3 is 10.4 Å². The Morgan fingerprint density at radius 2 is 2.06 bits per heavy atom. The van der Waals surface area contributed by atoms with Gasteiger partial charge in [-0.05, 0) is 24.1 Å². The number of phenolic OH excluding ortho intramolecular Hbond substituents is 1. The summed E-state index contributed by atoms with van der Waals surface area (Å²) in [5.41, 5.74) is 1.07. The summed E-state index contributed by atoms with van der Waals surface area (Å²) >= 11 is 0. The minimum Gasteiger partial charge on any atom is -0.505 e. The SMILES string of the molecule is CCC(=O)c1cc(CC)cc(NC(=O)C#N)c1O. The van der Waals surface area contributed by atoms with Crippen LogP contribution in [0.2, 0.25) is 0 Å². The summed E-state index contributed by atoms with van der Waals surface area (Å²) in [6, 6.07) is 4.55. The van der Waals surface area contributed by atoms with Crippen LogP contribution in [0.25, 0.3) is 0 Å². The topological polar surface area (TPSA) is 90.2 Å². The zero-order valence-corrected chi connectivity index (χ0v) is 10.3. The van der Waals surface area contributed by atoms with Crippen LogP contribution >= 0.6 is 0 Å². The highest BCUT2D eigenvalue weighted by Gasteiger charge is 2.16. The number of aromatic hydroxyl groups is 1. The van der Waals surface area contributed by atoms with E-state index in [1.54, 1.807) is 19.1 Å². The predicted octanol–water partition coefficient (Wildman–Crippen LogP) is 2.01. The fraction of sp³-hybridized carbons (Fsp3) is 0.308. The number of phenols is 1. The van der Waals surface area contributed by atoms with Gasteiger partial charge in [-0.2, -0.15) is 5.26 Å². The van der Waals surface area contributed by atoms with Crippen molar-refractivity contribution in [2.75, 3.05) is 5.32 Å². The number of carbonyl (C=O) groups excluding carboxylic acids is 2. The molecule has 0 heterocycles. The number of hydrogen-bond donors (Lipinski definition) is 2. The summed E-state index contributed by atoms with van der Waals surface area (Å²) in [5.74, 6) is -1.38. The molecule has 2 N–H and O–H groups in total. The number of carbonyl (C=O) groups is 2. The second-order valence-corrected chi connectivity index (χ2v) is 3.74. The molecule has 1 aromatic carbocycles. The third-order valence-electron chi connectivity index (χ3n) is 2.55. The van der Waals surface area contributed by atoms with E-state index in [-0.39, 0.29) is 29.2 Å². The largest absolute Gasteiger partial charge is 0.505 e. The first kappa shape index (κ1) is 13.7. The lowest BCUT2D eigenvalue weighted by atomic mass is 10.0. The second-order valence-electron chi connectivity index (χ2n) is 3.74. The molecular formula is C13H14N2O3. The standard InChI is InChI=1S/C13H14N2O3/c1-3-8-5-9(11(16)4-2)13(18)10(6-8)15-12(17)7-14/h5-6,18H,3-4H2,1-2H3,(H,15,17). The van der Waals surface area contributed by atoms with Gasteiger partial charge in [-0.1, -0.05) is 13.8 Å². The minimum atomic E-state index is -0.881. The van der Waals surface area contributed by atoms with Crippen LogP contribution < -0.4 is 5.32 Å². The zero-order valence-electron chi connectivity index (χ0n) is 10.3. The molecule has 0 spiro atoms. The predicted molar refractivity (Wildman–Crippen MR) is 66.3 cm³/mol. The zero-order chi connectivity index (χ0) is 13.7. The molecule has 5 nitrogen and oxygen atoms in total. The molecule has 0 fully saturated rings. The van der Waals surface area contributed by atoms with E-state index in [9.17, 15) is 14.7 Å². The maximum absolute atomic E-state index is 11.7. The average Bonchev–Trinajstić information content (AvgIpc) is 2.39. The highest BCUT2D eigenvalue weighted by Crippen LogP contribution is 2.30. The van der Waals surface area contributed by atoms with Crippen molar-refractivity contribution in [1.82, 2.24) is 0 Å². The first-order chi connectivity index (χ1) is 8.53. The number of nitrogens with zero attached hydrogens (tertiary/aromatic N) is 1. The van der Waals surface area contributed by atoms with E-state index in [0.717, 1.165) is 5.56 Å². The fourth-order valence-corrected chi connectivity index (χ4v) is 1.55. The van der Waals surface area contributed by atoms with Gasteiger partial charge in [-0.25, -0.2) is 0 Å². The summed E-state index contributed by atoms with van der Waals surface area (Å²) in [6.45, 7) is 3.58. The Kier molecular flexibility index (Phi) is 4.44. The number of ketones is 1. The molecule has 5 heteroatoms. The van der Waals surface area contributed by atoms with Crippen LogP contribution in [-0.4, -0.2) is 16.8 Å². The van der Waals surface area contributed by atoms with Crippen molar-refractivity contribution >= 4 is 17.4 Å². The number of benzene rings is 1. The van der Waals surface area contributed by atoms with Crippen LogP contribution in [0.4, 0.5) is 5.69 Å². The van der Waals surface area contributed by atoms with E-state index in [0.29, 0.717) is 6.42 Å². The van der Waals surface area contributed by atoms with Gasteiger partial charge in [-0.15, -0.1) is 0 Å². The van der Waals surface area contributed by atoms with Crippen LogP contribution in [0.5, 0.6) is 5.75 Å². The number of amides is 1. The number of aryl methyl sites for hydroxylation is 1. The quantitative estimate of drug-likeness (QED) is 0.483. The molecule has 1 rings (SSSR count). The smallest absolute Gasteiger partial charge is 0.326 e. The maximum Gasteiger partial charge on any atom is 0.326 e. The monoisotopic (exact) mass is 246 g/mol. The molecule has 0 aliphatic rings. The molecule has 0 saturated carbocycles. The van der Waals surface area contributed by atoms with Crippen molar-refractivity contribution in [2.45, 2.75) is 26.7 Å². The van der Waals surface area contributed by atoms with Crippen LogP contribution in [0.15, 0.2) is 12.1 Å². The Bertz CT molecular complexity index is 530. The van der Waals surface area contributed by atoms with E-state index in [1.165, 1.54) is 6.07 Å². The Labute approximate surface area is 105 Å². The van der Waals surface area contributed by atoms with Gasteiger partial charge >= 0.3 is 5.91 Å². The first-order valence-corrected chi connectivity index (χ1v) is 5.63. The number of hydrogen-bond acceptors (Lipinski definition) is 4.